The molecule has 4 aromatic rings. The maximum Gasteiger partial charge on any atom is 0.326 e. The van der Waals surface area contributed by atoms with Crippen LogP contribution in [0.15, 0.2) is 78.9 Å². The Labute approximate surface area is 175 Å². The lowest BCUT2D eigenvalue weighted by Crippen LogP contribution is -2.42. The fraction of sp³-hybridized carbons (Fsp3) is 0.154. The van der Waals surface area contributed by atoms with Crippen LogP contribution in [0.2, 0.25) is 0 Å². The van der Waals surface area contributed by atoms with Crippen LogP contribution in [-0.4, -0.2) is 35.0 Å². The summed E-state index contributed by atoms with van der Waals surface area (Å²) in [5.74, 6) is -1.27. The number of hydrogen-bond acceptors (Lipinski definition) is 2. The van der Waals surface area contributed by atoms with Crippen molar-refractivity contribution in [3.05, 3.63) is 84.4 Å². The first-order chi connectivity index (χ1) is 14.5. The molecule has 1 N–H and O–H groups in total. The lowest BCUT2D eigenvalue weighted by molar-refractivity contribution is -0.148. The van der Waals surface area contributed by atoms with Crippen LogP contribution in [0.1, 0.15) is 12.5 Å². The number of hydrogen-bond donors (Lipinski definition) is 1. The highest BCUT2D eigenvalue weighted by molar-refractivity contribution is 6.12. The van der Waals surface area contributed by atoms with Crippen molar-refractivity contribution in [2.75, 3.05) is 7.05 Å². The lowest BCUT2D eigenvalue weighted by atomic mass is 9.91. The minimum absolute atomic E-state index is 0.263. The molecule has 4 aromatic carbocycles. The van der Waals surface area contributed by atoms with Crippen molar-refractivity contribution < 1.29 is 14.7 Å². The topological polar surface area (TPSA) is 57.6 Å². The van der Waals surface area contributed by atoms with Crippen LogP contribution in [0.5, 0.6) is 0 Å². The first-order valence-electron chi connectivity index (χ1n) is 9.91. The molecule has 0 saturated carbocycles. The van der Waals surface area contributed by atoms with Crippen LogP contribution in [0.25, 0.3) is 32.7 Å². The zero-order valence-corrected chi connectivity index (χ0v) is 17.0. The largest absolute Gasteiger partial charge is 0.480 e. The van der Waals surface area contributed by atoms with Gasteiger partial charge < -0.3 is 10.0 Å². The van der Waals surface area contributed by atoms with Gasteiger partial charge in [0.15, 0.2) is 0 Å². The molecule has 0 bridgehead atoms. The van der Waals surface area contributed by atoms with E-state index in [4.69, 9.17) is 0 Å². The molecule has 0 aliphatic carbocycles. The normalized spacial score (nSPS) is 12.1. The Morgan fingerprint density at radius 1 is 0.867 bits per heavy atom. The van der Waals surface area contributed by atoms with E-state index in [0.717, 1.165) is 11.1 Å². The molecule has 0 unspecified atom stereocenters. The Balaban J connectivity index is 1.77. The molecule has 0 heterocycles. The predicted octanol–water partition coefficient (Wildman–Crippen LogP) is 5.13. The van der Waals surface area contributed by atoms with Crippen molar-refractivity contribution in [1.82, 2.24) is 4.90 Å². The molecule has 30 heavy (non-hydrogen) atoms. The number of carboxylic acid groups (broad SMARTS) is 1. The Bertz CT molecular complexity index is 1190. The average Bonchev–Trinajstić information content (AvgIpc) is 2.75. The van der Waals surface area contributed by atoms with Crippen LogP contribution in [0.4, 0.5) is 0 Å². The monoisotopic (exact) mass is 397 g/mol. The van der Waals surface area contributed by atoms with Gasteiger partial charge in [0.2, 0.25) is 5.91 Å². The summed E-state index contributed by atoms with van der Waals surface area (Å²) in [6.45, 7) is 1.38. The van der Waals surface area contributed by atoms with Gasteiger partial charge in [-0.3, -0.25) is 4.79 Å². The number of carboxylic acids is 1. The van der Waals surface area contributed by atoms with E-state index in [-0.39, 0.29) is 12.3 Å². The zero-order chi connectivity index (χ0) is 21.3. The summed E-state index contributed by atoms with van der Waals surface area (Å²) >= 11 is 0. The van der Waals surface area contributed by atoms with Crippen LogP contribution in [0, 0.1) is 0 Å². The van der Waals surface area contributed by atoms with Gasteiger partial charge in [-0.15, -0.1) is 0 Å². The first-order valence-corrected chi connectivity index (χ1v) is 9.91. The number of carbonyl (C=O) groups is 2. The van der Waals surface area contributed by atoms with Crippen LogP contribution >= 0.6 is 0 Å². The standard InChI is InChI=1S/C26H23NO3/c1-17(28)27(2)24(26(29)30)15-18-11-13-19(14-12-18)25-22-9-5-3-7-20(22)16-21-8-4-6-10-23(21)25/h3-14,16,24H,15H2,1-2H3,(H,29,30)/t24-/m0/s1. The summed E-state index contributed by atoms with van der Waals surface area (Å²) in [6.07, 6.45) is 0.266. The molecular weight excluding hydrogens is 374 g/mol. The highest BCUT2D eigenvalue weighted by atomic mass is 16.4. The average molecular weight is 397 g/mol. The van der Waals surface area contributed by atoms with Crippen molar-refractivity contribution in [3.8, 4) is 11.1 Å². The second-order valence-corrected chi connectivity index (χ2v) is 7.58. The molecule has 0 aliphatic heterocycles. The Hall–Kier alpha value is -3.66. The van der Waals surface area contributed by atoms with E-state index in [0.29, 0.717) is 0 Å². The Morgan fingerprint density at radius 2 is 1.40 bits per heavy atom. The summed E-state index contributed by atoms with van der Waals surface area (Å²) in [5, 5.41) is 14.3. The van der Waals surface area contributed by atoms with Crippen molar-refractivity contribution in [1.29, 1.82) is 0 Å². The quantitative estimate of drug-likeness (QED) is 0.475. The number of carbonyl (C=O) groups excluding carboxylic acids is 1. The van der Waals surface area contributed by atoms with Crippen molar-refractivity contribution >= 4 is 33.4 Å². The molecule has 4 heteroatoms. The fourth-order valence-electron chi connectivity index (χ4n) is 3.96. The van der Waals surface area contributed by atoms with Gasteiger partial charge in [-0.1, -0.05) is 72.8 Å². The van der Waals surface area contributed by atoms with E-state index in [2.05, 4.69) is 30.3 Å². The second kappa shape index (κ2) is 7.99. The molecule has 4 nitrogen and oxygen atoms in total. The number of fused-ring (bicyclic) bond motifs is 2. The maximum atomic E-state index is 11.6. The second-order valence-electron chi connectivity index (χ2n) is 7.58. The van der Waals surface area contributed by atoms with Gasteiger partial charge in [-0.05, 0) is 44.3 Å². The molecule has 4 rings (SSSR count). The Kier molecular flexibility index (Phi) is 5.23. The number of aliphatic carboxylic acids is 1. The van der Waals surface area contributed by atoms with E-state index in [9.17, 15) is 14.7 Å². The molecular formula is C26H23NO3. The highest BCUT2D eigenvalue weighted by Gasteiger charge is 2.24. The van der Waals surface area contributed by atoms with E-state index in [1.165, 1.54) is 46.0 Å². The van der Waals surface area contributed by atoms with Crippen molar-refractivity contribution in [3.63, 3.8) is 0 Å². The molecule has 0 saturated heterocycles. The smallest absolute Gasteiger partial charge is 0.326 e. The van der Waals surface area contributed by atoms with Crippen LogP contribution in [0.3, 0.4) is 0 Å². The fourth-order valence-corrected chi connectivity index (χ4v) is 3.96. The number of likely N-dealkylation sites (N-methyl/N-ethyl adjacent to an activating group) is 1. The van der Waals surface area contributed by atoms with Crippen LogP contribution in [-0.2, 0) is 16.0 Å². The molecule has 0 aliphatic rings. The number of rotatable bonds is 5. The highest BCUT2D eigenvalue weighted by Crippen LogP contribution is 2.36. The molecule has 150 valence electrons. The molecule has 0 radical (unpaired) electrons. The van der Waals surface area contributed by atoms with E-state index in [1.807, 2.05) is 48.5 Å². The number of amides is 1. The first kappa shape index (κ1) is 19.6. The van der Waals surface area contributed by atoms with E-state index >= 15 is 0 Å². The van der Waals surface area contributed by atoms with E-state index < -0.39 is 12.0 Å². The summed E-state index contributed by atoms with van der Waals surface area (Å²) in [6, 6.07) is 26.0. The summed E-state index contributed by atoms with van der Waals surface area (Å²) < 4.78 is 0. The zero-order valence-electron chi connectivity index (χ0n) is 17.0. The van der Waals surface area contributed by atoms with Gasteiger partial charge in [0.05, 0.1) is 0 Å². The number of benzene rings is 4. The summed E-state index contributed by atoms with van der Waals surface area (Å²) in [7, 11) is 1.53. The molecule has 0 fully saturated rings. The van der Waals surface area contributed by atoms with Gasteiger partial charge in [-0.2, -0.15) is 0 Å². The lowest BCUT2D eigenvalue weighted by Gasteiger charge is -2.23. The molecule has 0 aromatic heterocycles. The van der Waals surface area contributed by atoms with Gasteiger partial charge in [-0.25, -0.2) is 4.79 Å². The Morgan fingerprint density at radius 3 is 1.90 bits per heavy atom. The summed E-state index contributed by atoms with van der Waals surface area (Å²) in [5.41, 5.74) is 3.13. The third-order valence-corrected chi connectivity index (χ3v) is 5.69. The van der Waals surface area contributed by atoms with Gasteiger partial charge >= 0.3 is 5.97 Å². The minimum Gasteiger partial charge on any atom is -0.480 e. The predicted molar refractivity (Wildman–Crippen MR) is 120 cm³/mol. The third kappa shape index (κ3) is 3.64. The van der Waals surface area contributed by atoms with Gasteiger partial charge in [0.25, 0.3) is 0 Å². The summed E-state index contributed by atoms with van der Waals surface area (Å²) in [4.78, 5) is 24.5. The van der Waals surface area contributed by atoms with Crippen molar-refractivity contribution in [2.45, 2.75) is 19.4 Å². The maximum absolute atomic E-state index is 11.6. The van der Waals surface area contributed by atoms with Crippen LogP contribution < -0.4 is 0 Å². The number of nitrogens with zero attached hydrogens (tertiary/aromatic N) is 1. The van der Waals surface area contributed by atoms with Crippen molar-refractivity contribution in [2.24, 2.45) is 0 Å². The molecule has 1 amide bonds. The SMILES string of the molecule is CC(=O)N(C)[C@@H](Cc1ccc(-c2c3ccccc3cc3ccccc23)cc1)C(=O)O. The van der Waals surface area contributed by atoms with E-state index in [1.54, 1.807) is 0 Å². The van der Waals surface area contributed by atoms with Gasteiger partial charge in [0.1, 0.15) is 6.04 Å². The molecule has 0 spiro atoms. The third-order valence-electron chi connectivity index (χ3n) is 5.69. The molecule has 1 atom stereocenters. The van der Waals surface area contributed by atoms with Gasteiger partial charge in [0, 0.05) is 20.4 Å². The minimum atomic E-state index is -1.00.